The smallest absolute Gasteiger partial charge is 0.337 e. The molecule has 0 aliphatic carbocycles. The van der Waals surface area contributed by atoms with E-state index in [9.17, 15) is 18.0 Å². The van der Waals surface area contributed by atoms with Crippen LogP contribution < -0.4 is 5.73 Å². The van der Waals surface area contributed by atoms with Crippen molar-refractivity contribution >= 4 is 45.4 Å². The second-order valence-electron chi connectivity index (χ2n) is 7.64. The van der Waals surface area contributed by atoms with E-state index in [0.29, 0.717) is 11.1 Å². The average Bonchev–Trinajstić information content (AvgIpc) is 2.97. The maximum Gasteiger partial charge on any atom is 0.337 e. The summed E-state index contributed by atoms with van der Waals surface area (Å²) in [6.07, 6.45) is 0. The molecule has 0 radical (unpaired) electrons. The molecule has 2 aromatic rings. The fourth-order valence-corrected chi connectivity index (χ4v) is 4.16. The Kier molecular flexibility index (Phi) is 5.71. The number of esters is 1. The van der Waals surface area contributed by atoms with Crippen LogP contribution in [-0.2, 0) is 38.6 Å². The number of hydrogen-bond donors (Lipinski definition) is 1. The van der Waals surface area contributed by atoms with Crippen LogP contribution in [-0.4, -0.2) is 50.8 Å². The summed E-state index contributed by atoms with van der Waals surface area (Å²) in [4.78, 5) is 24.7. The number of benzene rings is 2. The lowest BCUT2D eigenvalue weighted by Gasteiger charge is -2.26. The van der Waals surface area contributed by atoms with Gasteiger partial charge in [0, 0.05) is 0 Å². The molecule has 0 saturated heterocycles. The maximum atomic E-state index is 13.1. The Balaban J connectivity index is 1.90. The molecule has 31 heavy (non-hydrogen) atoms. The Morgan fingerprint density at radius 2 is 1.68 bits per heavy atom. The number of ketones is 1. The van der Waals surface area contributed by atoms with E-state index in [1.165, 1.54) is 54.9 Å². The number of rotatable bonds is 6. The lowest BCUT2D eigenvalue weighted by atomic mass is 9.65. The van der Waals surface area contributed by atoms with Gasteiger partial charge in [-0.05, 0) is 23.3 Å². The predicted octanol–water partition coefficient (Wildman–Crippen LogP) is -1.59. The Hall–Kier alpha value is -3.14. The number of methoxy groups -OCH3 is 1. The molecule has 1 heterocycles. The average molecular weight is 439 g/mol. The molecule has 2 N–H and O–H groups in total. The molecule has 8 nitrogen and oxygen atoms in total. The molecule has 0 fully saturated rings. The molecule has 2 aromatic carbocycles. The molecule has 3 rings (SSSR count). The Bertz CT molecular complexity index is 1160. The van der Waals surface area contributed by atoms with Crippen molar-refractivity contribution in [3.63, 3.8) is 0 Å². The van der Waals surface area contributed by atoms with E-state index in [4.69, 9.17) is 14.7 Å². The highest BCUT2D eigenvalue weighted by atomic mass is 32.2. The second kappa shape index (κ2) is 7.84. The van der Waals surface area contributed by atoms with Crippen LogP contribution in [0, 0.1) is 0 Å². The zero-order valence-corrected chi connectivity index (χ0v) is 18.4. The predicted molar refractivity (Wildman–Crippen MR) is 121 cm³/mol. The SMILES string of the molecule is BC(B)(c1ccccc1)S(=O)(=O)OC1=C(N)O[C@](B)(c2ccc(C(=O)OC)cc2)C1=O. The van der Waals surface area contributed by atoms with Crippen LogP contribution in [0.4, 0.5) is 0 Å². The van der Waals surface area contributed by atoms with Crippen molar-refractivity contribution in [3.8, 4) is 0 Å². The van der Waals surface area contributed by atoms with Crippen LogP contribution in [0.1, 0.15) is 21.5 Å². The van der Waals surface area contributed by atoms with Crippen LogP contribution >= 0.6 is 0 Å². The van der Waals surface area contributed by atoms with Crippen molar-refractivity contribution in [2.45, 2.75) is 10.0 Å². The van der Waals surface area contributed by atoms with Gasteiger partial charge >= 0.3 is 16.1 Å². The van der Waals surface area contributed by atoms with Gasteiger partial charge in [-0.25, -0.2) is 4.79 Å². The highest BCUT2D eigenvalue weighted by molar-refractivity contribution is 7.90. The molecule has 158 valence electrons. The topological polar surface area (TPSA) is 122 Å². The molecule has 0 amide bonds. The first-order valence-electron chi connectivity index (χ1n) is 9.36. The summed E-state index contributed by atoms with van der Waals surface area (Å²) in [5.41, 5.74) is 5.37. The van der Waals surface area contributed by atoms with E-state index in [2.05, 4.69) is 4.74 Å². The zero-order chi connectivity index (χ0) is 23.0. The van der Waals surface area contributed by atoms with Crippen LogP contribution in [0.15, 0.2) is 66.2 Å². The Morgan fingerprint density at radius 3 is 2.23 bits per heavy atom. The molecule has 0 aromatic heterocycles. The minimum absolute atomic E-state index is 0.282. The third kappa shape index (κ3) is 3.83. The van der Waals surface area contributed by atoms with E-state index in [1.54, 1.807) is 30.3 Å². The molecular formula is C19H20B3NO7S. The zero-order valence-electron chi connectivity index (χ0n) is 17.5. The molecule has 0 spiro atoms. The highest BCUT2D eigenvalue weighted by Crippen LogP contribution is 2.38. The van der Waals surface area contributed by atoms with Gasteiger partial charge in [0.1, 0.15) is 15.7 Å². The van der Waals surface area contributed by atoms with Gasteiger partial charge < -0.3 is 19.4 Å². The summed E-state index contributed by atoms with van der Waals surface area (Å²) in [5, 5.41) is 0. The van der Waals surface area contributed by atoms with Gasteiger partial charge in [-0.2, -0.15) is 8.42 Å². The largest absolute Gasteiger partial charge is 0.467 e. The lowest BCUT2D eigenvalue weighted by Crippen LogP contribution is -2.40. The van der Waals surface area contributed by atoms with Gasteiger partial charge in [-0.3, -0.25) is 4.79 Å². The first kappa shape index (κ1) is 22.5. The summed E-state index contributed by atoms with van der Waals surface area (Å²) in [6, 6.07) is 14.4. The Morgan fingerprint density at radius 1 is 1.10 bits per heavy atom. The number of carbonyl (C=O) groups is 2. The molecule has 0 unspecified atom stereocenters. The first-order valence-corrected chi connectivity index (χ1v) is 10.8. The molecule has 1 aliphatic heterocycles. The van der Waals surface area contributed by atoms with E-state index in [-0.39, 0.29) is 5.56 Å². The molecule has 0 bridgehead atoms. The summed E-state index contributed by atoms with van der Waals surface area (Å²) >= 11 is 0. The number of Topliss-reactive ketones (excluding diaryl/α,β-unsaturated/α-hetero) is 1. The van der Waals surface area contributed by atoms with Gasteiger partial charge in [0.2, 0.25) is 17.4 Å². The van der Waals surface area contributed by atoms with Crippen molar-refractivity contribution in [2.24, 2.45) is 5.73 Å². The Labute approximate surface area is 183 Å². The molecule has 1 aliphatic rings. The monoisotopic (exact) mass is 439 g/mol. The van der Waals surface area contributed by atoms with Crippen LogP contribution in [0.5, 0.6) is 0 Å². The summed E-state index contributed by atoms with van der Waals surface area (Å²) in [5.74, 6) is -2.30. The van der Waals surface area contributed by atoms with Crippen molar-refractivity contribution < 1.29 is 31.7 Å². The van der Waals surface area contributed by atoms with Gasteiger partial charge in [0.15, 0.2) is 13.3 Å². The molecule has 12 heteroatoms. The minimum atomic E-state index is -4.32. The van der Waals surface area contributed by atoms with Gasteiger partial charge in [0.25, 0.3) is 0 Å². The molecule has 0 saturated carbocycles. The quantitative estimate of drug-likeness (QED) is 0.325. The number of nitrogens with two attached hydrogens (primary N) is 1. The second-order valence-corrected chi connectivity index (χ2v) is 9.74. The standard InChI is InChI=1S/C19H20B3NO7S/c1-28-17(25)11-7-9-12(10-8-11)18(20)15(24)14(16(23)29-18)30-31(26,27)19(21,22)13-5-3-2-4-6-13/h2-10H,20-23H2,1H3/t18-/m1/s1. The van der Waals surface area contributed by atoms with Crippen molar-refractivity contribution in [1.82, 2.24) is 0 Å². The van der Waals surface area contributed by atoms with Gasteiger partial charge in [-0.15, -0.1) is 0 Å². The van der Waals surface area contributed by atoms with Crippen LogP contribution in [0.2, 0.25) is 0 Å². The maximum absolute atomic E-state index is 13.1. The van der Waals surface area contributed by atoms with E-state index in [0.717, 1.165) is 0 Å². The summed E-state index contributed by atoms with van der Waals surface area (Å²) in [7, 11) is 1.33. The molecular weight excluding hydrogens is 419 g/mol. The fourth-order valence-electron chi connectivity index (χ4n) is 3.15. The fraction of sp³-hybridized carbons (Fsp3) is 0.158. The third-order valence-electron chi connectivity index (χ3n) is 5.32. The lowest BCUT2D eigenvalue weighted by molar-refractivity contribution is -0.126. The van der Waals surface area contributed by atoms with Gasteiger partial charge in [0.05, 0.1) is 17.2 Å². The van der Waals surface area contributed by atoms with E-state index in [1.807, 2.05) is 0 Å². The van der Waals surface area contributed by atoms with Crippen molar-refractivity contribution in [3.05, 3.63) is 82.9 Å². The number of ether oxygens (including phenoxy) is 2. The third-order valence-corrected chi connectivity index (χ3v) is 7.19. The minimum Gasteiger partial charge on any atom is -0.467 e. The van der Waals surface area contributed by atoms with Crippen molar-refractivity contribution in [1.29, 1.82) is 0 Å². The normalized spacial score (nSPS) is 19.1. The van der Waals surface area contributed by atoms with Gasteiger partial charge in [-0.1, -0.05) is 42.5 Å². The number of carbonyl (C=O) groups excluding carboxylic acids is 2. The van der Waals surface area contributed by atoms with E-state index < -0.39 is 43.6 Å². The van der Waals surface area contributed by atoms with E-state index >= 15 is 0 Å². The van der Waals surface area contributed by atoms with Crippen LogP contribution in [0.25, 0.3) is 0 Å². The summed E-state index contributed by atoms with van der Waals surface area (Å²) < 4.78 is 40.0. The summed E-state index contributed by atoms with van der Waals surface area (Å²) in [6.45, 7) is 0. The van der Waals surface area contributed by atoms with Crippen molar-refractivity contribution in [2.75, 3.05) is 7.11 Å². The first-order chi connectivity index (χ1) is 14.4. The molecule has 1 atom stereocenters. The number of hydrogen-bond acceptors (Lipinski definition) is 8. The highest BCUT2D eigenvalue weighted by Gasteiger charge is 2.50. The van der Waals surface area contributed by atoms with Crippen LogP contribution in [0.3, 0.4) is 0 Å².